The number of nitrogen functional groups attached to an aromatic ring is 1. The minimum atomic E-state index is -0.895. The maximum absolute atomic E-state index is 13.4. The van der Waals surface area contributed by atoms with Crippen molar-refractivity contribution in [3.05, 3.63) is 78.4 Å². The Hall–Kier alpha value is -5.69. The number of ketones is 1. The second-order valence-corrected chi connectivity index (χ2v) is 17.2. The zero-order valence-electron chi connectivity index (χ0n) is 34.3. The van der Waals surface area contributed by atoms with E-state index in [1.165, 1.54) is 18.6 Å². The molecule has 0 aliphatic heterocycles. The lowest BCUT2D eigenvalue weighted by Gasteiger charge is -2.37. The van der Waals surface area contributed by atoms with Crippen molar-refractivity contribution in [3.8, 4) is 17.2 Å². The number of aliphatic hydroxyl groups excluding tert-OH is 1. The van der Waals surface area contributed by atoms with E-state index in [4.69, 9.17) is 20.5 Å². The van der Waals surface area contributed by atoms with Gasteiger partial charge in [-0.05, 0) is 99.2 Å². The third-order valence-corrected chi connectivity index (χ3v) is 13.0. The first-order chi connectivity index (χ1) is 30.6. The Bertz CT molecular complexity index is 2540. The molecule has 0 heterocycles. The summed E-state index contributed by atoms with van der Waals surface area (Å²) in [6.45, 7) is 0. The molecule has 0 spiro atoms. The molecule has 16 nitrogen and oxygen atoms in total. The number of nitrogens with two attached hydrogens (primary N) is 1. The highest BCUT2D eigenvalue weighted by Crippen LogP contribution is 2.46. The molecule has 3 fully saturated rings. The summed E-state index contributed by atoms with van der Waals surface area (Å²) in [5, 5.41) is 76.1. The van der Waals surface area contributed by atoms with Crippen molar-refractivity contribution in [3.63, 3.8) is 0 Å². The smallest absolute Gasteiger partial charge is 0.346 e. The zero-order valence-corrected chi connectivity index (χ0v) is 35.2. The van der Waals surface area contributed by atoms with Gasteiger partial charge in [0, 0.05) is 40.1 Å². The number of hydrogen-bond acceptors (Lipinski definition) is 17. The van der Waals surface area contributed by atoms with Crippen LogP contribution in [0.3, 0.4) is 0 Å². The number of azo groups is 2. The predicted octanol–water partition coefficient (Wildman–Crippen LogP) is 11.1. The number of rotatable bonds is 13. The van der Waals surface area contributed by atoms with E-state index < -0.39 is 35.2 Å². The molecule has 3 aliphatic carbocycles. The first-order valence-electron chi connectivity index (χ1n) is 21.3. The van der Waals surface area contributed by atoms with Crippen LogP contribution in [0.25, 0.3) is 21.5 Å². The standard InChI is InChI=1S/C46H49N5O11S/c47-27-11-10-26-22-40(63-62-61-58)42(44(55)34(26)23-27)51-49-36-19-18-35(31-8-4-5-9-32(31)36)48-50-37-20-21-38(52)41(45(37)56)46(57)60-29-14-12-28(13-15-29)59-30-16-17-33(39(53)24-30)43(54)25-6-2-1-3-7-25/h4-5,8-11,18-23,25,28-30,33,39,52-53,55-56,58H,1-3,6-7,12-17,24,47H2. The van der Waals surface area contributed by atoms with Crippen LogP contribution in [-0.4, -0.2) is 61.9 Å². The van der Waals surface area contributed by atoms with Crippen LogP contribution in [0.15, 0.2) is 98.1 Å². The van der Waals surface area contributed by atoms with Crippen LogP contribution in [-0.2, 0) is 23.6 Å². The number of carbonyl (C=O) groups is 2. The molecule has 0 bridgehead atoms. The Balaban J connectivity index is 0.910. The van der Waals surface area contributed by atoms with Crippen LogP contribution in [0.4, 0.5) is 28.4 Å². The first kappa shape index (κ1) is 43.9. The van der Waals surface area contributed by atoms with Gasteiger partial charge in [0.2, 0.25) is 0 Å². The van der Waals surface area contributed by atoms with Crippen LogP contribution < -0.4 is 5.73 Å². The Morgan fingerprint density at radius 2 is 1.33 bits per heavy atom. The van der Waals surface area contributed by atoms with E-state index in [-0.39, 0.29) is 47.0 Å². The number of anilines is 1. The van der Waals surface area contributed by atoms with Crippen molar-refractivity contribution >= 4 is 73.8 Å². The van der Waals surface area contributed by atoms with Crippen molar-refractivity contribution in [2.24, 2.45) is 32.3 Å². The van der Waals surface area contributed by atoms with Crippen LogP contribution >= 0.6 is 12.0 Å². The van der Waals surface area contributed by atoms with Crippen LogP contribution in [0.2, 0.25) is 0 Å². The molecule has 5 aromatic rings. The maximum Gasteiger partial charge on any atom is 0.346 e. The molecule has 3 saturated carbocycles. The molecule has 3 aliphatic rings. The highest BCUT2D eigenvalue weighted by Gasteiger charge is 2.39. The van der Waals surface area contributed by atoms with Crippen molar-refractivity contribution in [1.29, 1.82) is 0 Å². The fourth-order valence-corrected chi connectivity index (χ4v) is 9.59. The summed E-state index contributed by atoms with van der Waals surface area (Å²) in [5.74, 6) is -2.18. The average Bonchev–Trinajstić information content (AvgIpc) is 3.29. The van der Waals surface area contributed by atoms with Crippen LogP contribution in [0, 0.1) is 11.8 Å². The van der Waals surface area contributed by atoms with Gasteiger partial charge in [0.15, 0.2) is 11.5 Å². The van der Waals surface area contributed by atoms with Crippen LogP contribution in [0.1, 0.15) is 87.4 Å². The molecular formula is C46H49N5O11S. The van der Waals surface area contributed by atoms with E-state index >= 15 is 0 Å². The number of aromatic hydroxyl groups is 3. The number of phenols is 3. The third-order valence-electron chi connectivity index (χ3n) is 12.4. The molecule has 5 aromatic carbocycles. The number of nitrogens with zero attached hydrogens (tertiary/aromatic N) is 4. The molecular weight excluding hydrogens is 831 g/mol. The molecule has 63 heavy (non-hydrogen) atoms. The molecule has 17 heteroatoms. The molecule has 7 N–H and O–H groups in total. The number of phenolic OH excluding ortho intramolecular Hbond substituents is 3. The Morgan fingerprint density at radius 1 is 0.683 bits per heavy atom. The molecule has 330 valence electrons. The molecule has 3 unspecified atom stereocenters. The van der Waals surface area contributed by atoms with E-state index in [0.29, 0.717) is 94.1 Å². The van der Waals surface area contributed by atoms with Gasteiger partial charge in [-0.3, -0.25) is 4.79 Å². The van der Waals surface area contributed by atoms with E-state index in [2.05, 4.69) is 29.8 Å². The second kappa shape index (κ2) is 19.8. The SMILES string of the molecule is Nc1ccc2cc(SOOO)c(N=Nc3ccc(N=Nc4ccc(O)c(C(=O)OC5CCC(OC6CCC(C(=O)C7CCCCC7)C(O)C6)CC5)c4O)c4ccccc34)c(O)c2c1. The largest absolute Gasteiger partial charge is 0.507 e. The average molecular weight is 880 g/mol. The minimum absolute atomic E-state index is 0.0379. The van der Waals surface area contributed by atoms with Crippen LogP contribution in [0.5, 0.6) is 17.2 Å². The minimum Gasteiger partial charge on any atom is -0.507 e. The van der Waals surface area contributed by atoms with E-state index in [0.717, 1.165) is 32.1 Å². The topological polar surface area (TPSA) is 248 Å². The van der Waals surface area contributed by atoms with Gasteiger partial charge in [-0.1, -0.05) is 54.6 Å². The third kappa shape index (κ3) is 9.93. The predicted molar refractivity (Wildman–Crippen MR) is 234 cm³/mol. The number of esters is 1. The fourth-order valence-electron chi connectivity index (χ4n) is 9.10. The van der Waals surface area contributed by atoms with Crippen molar-refractivity contribution < 1.29 is 54.1 Å². The van der Waals surface area contributed by atoms with Crippen molar-refractivity contribution in [1.82, 2.24) is 0 Å². The lowest BCUT2D eigenvalue weighted by molar-refractivity contribution is -0.432. The van der Waals surface area contributed by atoms with Gasteiger partial charge in [-0.25, -0.2) is 10.1 Å². The number of benzene rings is 5. The fraction of sp³-hybridized carbons (Fsp3) is 0.391. The van der Waals surface area contributed by atoms with Gasteiger partial charge < -0.3 is 35.6 Å². The molecule has 3 atom stereocenters. The van der Waals surface area contributed by atoms with Gasteiger partial charge >= 0.3 is 5.97 Å². The summed E-state index contributed by atoms with van der Waals surface area (Å²) in [6.07, 6.45) is 7.94. The van der Waals surface area contributed by atoms with Gasteiger partial charge in [0.25, 0.3) is 0 Å². The summed E-state index contributed by atoms with van der Waals surface area (Å²) in [6, 6.07) is 19.7. The van der Waals surface area contributed by atoms with E-state index in [1.54, 1.807) is 60.7 Å². The number of aliphatic hydroxyl groups is 1. The Morgan fingerprint density at radius 3 is 2.03 bits per heavy atom. The molecule has 0 amide bonds. The summed E-state index contributed by atoms with van der Waals surface area (Å²) >= 11 is 0.620. The maximum atomic E-state index is 13.4. The molecule has 8 rings (SSSR count). The summed E-state index contributed by atoms with van der Waals surface area (Å²) < 4.78 is 16.8. The van der Waals surface area contributed by atoms with Gasteiger partial charge in [0.05, 0.1) is 46.6 Å². The number of carbonyl (C=O) groups excluding carboxylic acids is 2. The van der Waals surface area contributed by atoms with E-state index in [1.807, 2.05) is 0 Å². The summed E-state index contributed by atoms with van der Waals surface area (Å²) in [5.41, 5.74) is 6.73. The Labute approximate surface area is 366 Å². The summed E-state index contributed by atoms with van der Waals surface area (Å²) in [4.78, 5) is 26.8. The lowest BCUT2D eigenvalue weighted by atomic mass is 9.74. The second-order valence-electron chi connectivity index (χ2n) is 16.4. The molecule has 0 saturated heterocycles. The van der Waals surface area contributed by atoms with Gasteiger partial charge in [0.1, 0.15) is 34.6 Å². The Kier molecular flexibility index (Phi) is 13.8. The number of Topliss-reactive ketones (excluding diaryl/α,β-unsaturated/α-hetero) is 1. The normalized spacial score (nSPS) is 22.3. The monoisotopic (exact) mass is 879 g/mol. The zero-order chi connectivity index (χ0) is 44.0. The molecule has 0 radical (unpaired) electrons. The van der Waals surface area contributed by atoms with Crippen molar-refractivity contribution in [2.45, 2.75) is 106 Å². The van der Waals surface area contributed by atoms with E-state index in [9.17, 15) is 30.0 Å². The quantitative estimate of drug-likeness (QED) is 0.0161. The number of hydrogen-bond donors (Lipinski definition) is 6. The molecule has 0 aromatic heterocycles. The highest BCUT2D eigenvalue weighted by molar-refractivity contribution is 7.94. The first-order valence-corrected chi connectivity index (χ1v) is 22.0. The lowest BCUT2D eigenvalue weighted by Crippen LogP contribution is -2.42. The van der Waals surface area contributed by atoms with Crippen molar-refractivity contribution in [2.75, 3.05) is 5.73 Å². The van der Waals surface area contributed by atoms with Gasteiger partial charge in [-0.2, -0.15) is 0 Å². The van der Waals surface area contributed by atoms with Gasteiger partial charge in [-0.15, -0.1) is 24.8 Å². The summed E-state index contributed by atoms with van der Waals surface area (Å²) in [7, 11) is 0. The number of fused-ring (bicyclic) bond motifs is 2. The number of ether oxygens (including phenoxy) is 2. The highest BCUT2D eigenvalue weighted by atomic mass is 32.2.